The van der Waals surface area contributed by atoms with Crippen LogP contribution in [0.4, 0.5) is 10.5 Å². The van der Waals surface area contributed by atoms with Crippen molar-refractivity contribution in [2.24, 2.45) is 0 Å². The minimum Gasteiger partial charge on any atom is -0.331 e. The smallest absolute Gasteiger partial charge is 0.319 e. The summed E-state index contributed by atoms with van der Waals surface area (Å²) < 4.78 is 2.31. The minimum absolute atomic E-state index is 0.241. The SMILES string of the molecule is CCn1c(CNC(=O)Nc2cc(Cl)ccc2Cl)n[nH]c1=S. The van der Waals surface area contributed by atoms with Crippen molar-refractivity contribution in [3.05, 3.63) is 38.8 Å². The Morgan fingerprint density at radius 3 is 2.95 bits per heavy atom. The molecule has 9 heteroatoms. The number of hydrogen-bond acceptors (Lipinski definition) is 3. The molecule has 0 bridgehead atoms. The van der Waals surface area contributed by atoms with E-state index in [1.165, 1.54) is 0 Å². The largest absolute Gasteiger partial charge is 0.331 e. The third-order valence-electron chi connectivity index (χ3n) is 2.74. The molecule has 21 heavy (non-hydrogen) atoms. The van der Waals surface area contributed by atoms with E-state index in [0.29, 0.717) is 32.9 Å². The molecule has 0 spiro atoms. The van der Waals surface area contributed by atoms with Gasteiger partial charge in [0.2, 0.25) is 0 Å². The van der Waals surface area contributed by atoms with Crippen LogP contribution in [0.2, 0.25) is 10.0 Å². The summed E-state index contributed by atoms with van der Waals surface area (Å²) in [6.07, 6.45) is 0. The molecule has 0 radical (unpaired) electrons. The molecule has 0 aliphatic rings. The molecule has 0 fully saturated rings. The Kier molecular flexibility index (Phi) is 5.22. The highest BCUT2D eigenvalue weighted by atomic mass is 35.5. The number of anilines is 1. The summed E-state index contributed by atoms with van der Waals surface area (Å²) in [5.41, 5.74) is 0.441. The zero-order valence-electron chi connectivity index (χ0n) is 11.1. The van der Waals surface area contributed by atoms with Crippen LogP contribution in [0.25, 0.3) is 0 Å². The highest BCUT2D eigenvalue weighted by molar-refractivity contribution is 7.71. The average molecular weight is 346 g/mol. The maximum absolute atomic E-state index is 11.9. The van der Waals surface area contributed by atoms with E-state index in [9.17, 15) is 4.79 Å². The van der Waals surface area contributed by atoms with Crippen molar-refractivity contribution in [3.63, 3.8) is 0 Å². The predicted octanol–water partition coefficient (Wildman–Crippen LogP) is 3.59. The minimum atomic E-state index is -0.407. The van der Waals surface area contributed by atoms with E-state index in [-0.39, 0.29) is 6.54 Å². The quantitative estimate of drug-likeness (QED) is 0.741. The number of urea groups is 1. The van der Waals surface area contributed by atoms with E-state index >= 15 is 0 Å². The maximum atomic E-state index is 11.9. The van der Waals surface area contributed by atoms with Crippen LogP contribution >= 0.6 is 35.4 Å². The van der Waals surface area contributed by atoms with Crippen molar-refractivity contribution in [2.45, 2.75) is 20.0 Å². The van der Waals surface area contributed by atoms with Crippen molar-refractivity contribution in [3.8, 4) is 0 Å². The summed E-state index contributed by atoms with van der Waals surface area (Å²) in [4.78, 5) is 11.9. The molecule has 112 valence electrons. The second kappa shape index (κ2) is 6.93. The van der Waals surface area contributed by atoms with Crippen molar-refractivity contribution in [2.75, 3.05) is 5.32 Å². The van der Waals surface area contributed by atoms with Gasteiger partial charge in [-0.1, -0.05) is 23.2 Å². The van der Waals surface area contributed by atoms with Gasteiger partial charge in [-0.05, 0) is 37.3 Å². The second-order valence-electron chi connectivity index (χ2n) is 4.12. The Bertz CT molecular complexity index is 712. The number of benzene rings is 1. The number of H-pyrrole nitrogens is 1. The van der Waals surface area contributed by atoms with Crippen LogP contribution in [0.5, 0.6) is 0 Å². The summed E-state index contributed by atoms with van der Waals surface area (Å²) in [6, 6.07) is 4.43. The van der Waals surface area contributed by atoms with Crippen LogP contribution in [-0.4, -0.2) is 20.8 Å². The Morgan fingerprint density at radius 2 is 2.24 bits per heavy atom. The van der Waals surface area contributed by atoms with Gasteiger partial charge in [-0.15, -0.1) is 0 Å². The van der Waals surface area contributed by atoms with Crippen LogP contribution in [-0.2, 0) is 13.1 Å². The Morgan fingerprint density at radius 1 is 1.48 bits per heavy atom. The van der Waals surface area contributed by atoms with Gasteiger partial charge in [0.1, 0.15) is 0 Å². The number of carbonyl (C=O) groups is 1. The monoisotopic (exact) mass is 345 g/mol. The van der Waals surface area contributed by atoms with Crippen molar-refractivity contribution in [1.82, 2.24) is 20.1 Å². The maximum Gasteiger partial charge on any atom is 0.319 e. The molecule has 0 aliphatic carbocycles. The first-order valence-corrected chi connectivity index (χ1v) is 7.31. The second-order valence-corrected chi connectivity index (χ2v) is 5.35. The van der Waals surface area contributed by atoms with Crippen LogP contribution in [0.15, 0.2) is 18.2 Å². The zero-order chi connectivity index (χ0) is 15.4. The summed E-state index contributed by atoms with van der Waals surface area (Å²) >= 11 is 16.9. The van der Waals surface area contributed by atoms with Gasteiger partial charge >= 0.3 is 6.03 Å². The number of rotatable bonds is 4. The first kappa shape index (κ1) is 15.8. The fourth-order valence-electron chi connectivity index (χ4n) is 1.73. The lowest BCUT2D eigenvalue weighted by Gasteiger charge is -2.09. The first-order valence-electron chi connectivity index (χ1n) is 6.15. The Hall–Kier alpha value is -1.57. The first-order chi connectivity index (χ1) is 10.0. The van der Waals surface area contributed by atoms with E-state index in [4.69, 9.17) is 35.4 Å². The van der Waals surface area contributed by atoms with Crippen molar-refractivity contribution >= 4 is 47.1 Å². The number of nitrogens with zero attached hydrogens (tertiary/aromatic N) is 2. The average Bonchev–Trinajstić information content (AvgIpc) is 2.81. The highest BCUT2D eigenvalue weighted by Gasteiger charge is 2.09. The topological polar surface area (TPSA) is 74.7 Å². The molecule has 0 saturated heterocycles. The third kappa shape index (κ3) is 3.96. The molecular weight excluding hydrogens is 333 g/mol. The number of aromatic nitrogens is 3. The molecule has 2 aromatic rings. The molecule has 1 heterocycles. The van der Waals surface area contributed by atoms with Gasteiger partial charge in [0.15, 0.2) is 10.6 Å². The van der Waals surface area contributed by atoms with Gasteiger partial charge in [-0.3, -0.25) is 5.10 Å². The van der Waals surface area contributed by atoms with Gasteiger partial charge in [-0.25, -0.2) is 4.79 Å². The number of halogens is 2. The van der Waals surface area contributed by atoms with E-state index in [1.807, 2.05) is 6.92 Å². The van der Waals surface area contributed by atoms with Gasteiger partial charge in [0, 0.05) is 11.6 Å². The van der Waals surface area contributed by atoms with Gasteiger partial charge in [0.05, 0.1) is 17.3 Å². The highest BCUT2D eigenvalue weighted by Crippen LogP contribution is 2.25. The lowest BCUT2D eigenvalue weighted by atomic mass is 10.3. The lowest BCUT2D eigenvalue weighted by Crippen LogP contribution is -2.29. The number of carbonyl (C=O) groups excluding carboxylic acids is 1. The van der Waals surface area contributed by atoms with E-state index in [0.717, 1.165) is 0 Å². The fraction of sp³-hybridized carbons (Fsp3) is 0.250. The molecule has 2 rings (SSSR count). The molecule has 3 N–H and O–H groups in total. The molecule has 0 aliphatic heterocycles. The number of amides is 2. The normalized spacial score (nSPS) is 10.4. The van der Waals surface area contributed by atoms with Crippen LogP contribution in [0.1, 0.15) is 12.7 Å². The zero-order valence-corrected chi connectivity index (χ0v) is 13.4. The summed E-state index contributed by atoms with van der Waals surface area (Å²) in [6.45, 7) is 2.86. The molecule has 0 atom stereocenters. The molecule has 0 unspecified atom stereocenters. The van der Waals surface area contributed by atoms with E-state index in [2.05, 4.69) is 20.8 Å². The molecule has 1 aromatic carbocycles. The number of hydrogen-bond donors (Lipinski definition) is 3. The summed E-state index contributed by atoms with van der Waals surface area (Å²) in [5.74, 6) is 0.648. The van der Waals surface area contributed by atoms with Crippen LogP contribution < -0.4 is 10.6 Å². The molecule has 2 amide bonds. The van der Waals surface area contributed by atoms with Crippen LogP contribution in [0, 0.1) is 4.77 Å². The number of aromatic amines is 1. The van der Waals surface area contributed by atoms with Crippen LogP contribution in [0.3, 0.4) is 0 Å². The lowest BCUT2D eigenvalue weighted by molar-refractivity contribution is 0.251. The standard InChI is InChI=1S/C12H13Cl2N5OS/c1-2-19-10(17-18-12(19)21)6-15-11(20)16-9-5-7(13)3-4-8(9)14/h3-5H,2,6H2,1H3,(H,18,21)(H2,15,16,20). The summed E-state index contributed by atoms with van der Waals surface area (Å²) in [7, 11) is 0. The van der Waals surface area contributed by atoms with Gasteiger partial charge < -0.3 is 15.2 Å². The van der Waals surface area contributed by atoms with Gasteiger partial charge in [-0.2, -0.15) is 5.10 Å². The Balaban J connectivity index is 1.99. The molecular formula is C12H13Cl2N5OS. The van der Waals surface area contributed by atoms with E-state index < -0.39 is 6.03 Å². The number of nitrogens with one attached hydrogen (secondary N) is 3. The van der Waals surface area contributed by atoms with Crippen molar-refractivity contribution < 1.29 is 4.79 Å². The molecule has 6 nitrogen and oxygen atoms in total. The Labute approximate surface area is 136 Å². The predicted molar refractivity (Wildman–Crippen MR) is 85.4 cm³/mol. The van der Waals surface area contributed by atoms with E-state index in [1.54, 1.807) is 22.8 Å². The third-order valence-corrected chi connectivity index (χ3v) is 3.61. The fourth-order valence-corrected chi connectivity index (χ4v) is 2.35. The van der Waals surface area contributed by atoms with Gasteiger partial charge in [0.25, 0.3) is 0 Å². The molecule has 1 aromatic heterocycles. The van der Waals surface area contributed by atoms with Crippen molar-refractivity contribution in [1.29, 1.82) is 0 Å². The summed E-state index contributed by atoms with van der Waals surface area (Å²) in [5, 5.41) is 12.9. The molecule has 0 saturated carbocycles.